The van der Waals surface area contributed by atoms with E-state index in [0.717, 1.165) is 11.3 Å². The van der Waals surface area contributed by atoms with Gasteiger partial charge in [-0.3, -0.25) is 0 Å². The minimum absolute atomic E-state index is 0. The molecule has 0 spiro atoms. The van der Waals surface area contributed by atoms with Crippen molar-refractivity contribution in [2.24, 2.45) is 0 Å². The van der Waals surface area contributed by atoms with Gasteiger partial charge in [-0.2, -0.15) is 23.9 Å². The molecule has 0 amide bonds. The Morgan fingerprint density at radius 1 is 0.850 bits per heavy atom. The Bertz CT molecular complexity index is 863. The van der Waals surface area contributed by atoms with Crippen LogP contribution in [-0.4, -0.2) is 4.98 Å². The van der Waals surface area contributed by atoms with E-state index >= 15 is 0 Å². The van der Waals surface area contributed by atoms with Gasteiger partial charge in [0, 0.05) is 32.7 Å². The number of hydrogen-bond donors (Lipinski definition) is 1. The minimum atomic E-state index is 0. The molecule has 0 aliphatic heterocycles. The first-order valence-corrected chi connectivity index (χ1v) is 6.30. The van der Waals surface area contributed by atoms with Crippen molar-refractivity contribution in [1.29, 1.82) is 0 Å². The number of fused-ring (bicyclic) bond motifs is 3. The fraction of sp³-hybridized carbons (Fsp3) is 0. The standard InChI is InChI=1S/C18H11N.Y/c1-2-5-16-13(4-1)7-8-14-9-10-15(12-17(14)16)18-6-3-11-19-18;/h1-5,7-9,11-12,19H;/q-2;. The normalized spacial score (nSPS) is 10.6. The van der Waals surface area contributed by atoms with Crippen molar-refractivity contribution in [2.75, 3.05) is 0 Å². The Hall–Kier alpha value is -1.44. The predicted molar refractivity (Wildman–Crippen MR) is 78.9 cm³/mol. The van der Waals surface area contributed by atoms with Crippen LogP contribution in [0.4, 0.5) is 0 Å². The van der Waals surface area contributed by atoms with Gasteiger partial charge in [0.2, 0.25) is 0 Å². The molecule has 0 fully saturated rings. The molecule has 3 aromatic carbocycles. The molecule has 0 aliphatic carbocycles. The van der Waals surface area contributed by atoms with Crippen molar-refractivity contribution < 1.29 is 32.7 Å². The minimum Gasteiger partial charge on any atom is -0.474 e. The van der Waals surface area contributed by atoms with Gasteiger partial charge in [0.05, 0.1) is 0 Å². The summed E-state index contributed by atoms with van der Waals surface area (Å²) in [4.78, 5) is 3.18. The number of benzene rings is 3. The van der Waals surface area contributed by atoms with Crippen molar-refractivity contribution in [3.63, 3.8) is 0 Å². The molecule has 4 aromatic rings. The average molecular weight is 330 g/mol. The summed E-state index contributed by atoms with van der Waals surface area (Å²) < 4.78 is 0. The van der Waals surface area contributed by atoms with Crippen molar-refractivity contribution in [3.05, 3.63) is 72.9 Å². The van der Waals surface area contributed by atoms with Crippen LogP contribution in [0.15, 0.2) is 60.8 Å². The first-order chi connectivity index (χ1) is 9.42. The Morgan fingerprint density at radius 3 is 2.55 bits per heavy atom. The molecule has 0 unspecified atom stereocenters. The van der Waals surface area contributed by atoms with Crippen LogP contribution < -0.4 is 0 Å². The number of H-pyrrole nitrogens is 1. The summed E-state index contributed by atoms with van der Waals surface area (Å²) in [6.07, 6.45) is 1.89. The molecule has 0 aliphatic rings. The topological polar surface area (TPSA) is 15.8 Å². The maximum atomic E-state index is 3.32. The maximum Gasteiger partial charge on any atom is 0 e. The van der Waals surface area contributed by atoms with Gasteiger partial charge in [-0.15, -0.1) is 17.0 Å². The maximum absolute atomic E-state index is 3.32. The van der Waals surface area contributed by atoms with Crippen molar-refractivity contribution >= 4 is 21.5 Å². The second-order valence-corrected chi connectivity index (χ2v) is 4.63. The second kappa shape index (κ2) is 5.51. The summed E-state index contributed by atoms with van der Waals surface area (Å²) in [6, 6.07) is 25.4. The van der Waals surface area contributed by atoms with Crippen LogP contribution in [0, 0.1) is 12.1 Å². The molecule has 0 saturated carbocycles. The predicted octanol–water partition coefficient (Wildman–Crippen LogP) is 4.59. The van der Waals surface area contributed by atoms with E-state index in [4.69, 9.17) is 0 Å². The van der Waals surface area contributed by atoms with Gasteiger partial charge in [0.1, 0.15) is 0 Å². The van der Waals surface area contributed by atoms with Gasteiger partial charge in [-0.25, -0.2) is 17.7 Å². The Morgan fingerprint density at radius 2 is 1.70 bits per heavy atom. The summed E-state index contributed by atoms with van der Waals surface area (Å²) in [5, 5.41) is 5.02. The molecule has 4 rings (SSSR count). The van der Waals surface area contributed by atoms with E-state index in [0.29, 0.717) is 0 Å². The van der Waals surface area contributed by atoms with Crippen LogP contribution in [0.25, 0.3) is 32.8 Å². The zero-order valence-electron chi connectivity index (χ0n) is 10.9. The van der Waals surface area contributed by atoms with Crippen LogP contribution >= 0.6 is 0 Å². The van der Waals surface area contributed by atoms with Gasteiger partial charge in [-0.1, -0.05) is 36.4 Å². The summed E-state index contributed by atoms with van der Waals surface area (Å²) in [5.41, 5.74) is 2.03. The first kappa shape index (κ1) is 13.5. The quantitative estimate of drug-likeness (QED) is 0.388. The fourth-order valence-electron chi connectivity index (χ4n) is 2.53. The molecule has 0 bridgehead atoms. The Kier molecular flexibility index (Phi) is 3.73. The molecular formula is C18H11NY-2. The smallest absolute Gasteiger partial charge is 0 e. The number of hydrogen-bond acceptors (Lipinski definition) is 0. The van der Waals surface area contributed by atoms with Gasteiger partial charge in [0.15, 0.2) is 0 Å². The molecule has 1 N–H and O–H groups in total. The van der Waals surface area contributed by atoms with Crippen LogP contribution in [-0.2, 0) is 32.7 Å². The number of nitrogens with one attached hydrogen (secondary N) is 1. The van der Waals surface area contributed by atoms with Crippen LogP contribution in [0.2, 0.25) is 0 Å². The first-order valence-electron chi connectivity index (χ1n) is 6.30. The largest absolute Gasteiger partial charge is 0.474 e. The molecule has 20 heavy (non-hydrogen) atoms. The molecule has 0 saturated heterocycles. The van der Waals surface area contributed by atoms with Crippen molar-refractivity contribution in [2.45, 2.75) is 0 Å². The number of aromatic nitrogens is 1. The van der Waals surface area contributed by atoms with Crippen LogP contribution in [0.5, 0.6) is 0 Å². The van der Waals surface area contributed by atoms with E-state index in [9.17, 15) is 0 Å². The third kappa shape index (κ3) is 2.21. The summed E-state index contributed by atoms with van der Waals surface area (Å²) in [7, 11) is 0. The zero-order chi connectivity index (χ0) is 12.7. The summed E-state index contributed by atoms with van der Waals surface area (Å²) >= 11 is 0. The third-order valence-electron chi connectivity index (χ3n) is 3.48. The Balaban J connectivity index is 0.00000121. The number of rotatable bonds is 1. The summed E-state index contributed by atoms with van der Waals surface area (Å²) in [6.45, 7) is 0. The summed E-state index contributed by atoms with van der Waals surface area (Å²) in [5.74, 6) is 0. The monoisotopic (exact) mass is 330 g/mol. The zero-order valence-corrected chi connectivity index (χ0v) is 13.7. The molecule has 1 radical (unpaired) electrons. The van der Waals surface area contributed by atoms with E-state index < -0.39 is 0 Å². The van der Waals surface area contributed by atoms with Crippen LogP contribution in [0.3, 0.4) is 0 Å². The van der Waals surface area contributed by atoms with Gasteiger partial charge >= 0.3 is 0 Å². The average Bonchev–Trinajstić information content (AvgIpc) is 3.01. The fourth-order valence-corrected chi connectivity index (χ4v) is 2.53. The Labute approximate surface area is 142 Å². The SMILES string of the molecule is [Y].[c-]1cc2ccc3ccccc3c2cc1-c1[c-]cc[nH]1. The van der Waals surface area contributed by atoms with E-state index in [-0.39, 0.29) is 32.7 Å². The molecule has 93 valence electrons. The van der Waals surface area contributed by atoms with Gasteiger partial charge < -0.3 is 4.98 Å². The van der Waals surface area contributed by atoms with Gasteiger partial charge in [-0.05, 0) is 10.8 Å². The van der Waals surface area contributed by atoms with E-state index in [1.165, 1.54) is 21.5 Å². The van der Waals surface area contributed by atoms with E-state index in [2.05, 4.69) is 59.6 Å². The molecule has 0 atom stereocenters. The van der Waals surface area contributed by atoms with Crippen molar-refractivity contribution in [1.82, 2.24) is 4.98 Å². The van der Waals surface area contributed by atoms with Gasteiger partial charge in [0.25, 0.3) is 0 Å². The molecule has 2 heteroatoms. The second-order valence-electron chi connectivity index (χ2n) is 4.63. The number of aromatic amines is 1. The van der Waals surface area contributed by atoms with Crippen LogP contribution in [0.1, 0.15) is 0 Å². The molecule has 1 nitrogen and oxygen atoms in total. The van der Waals surface area contributed by atoms with Crippen molar-refractivity contribution in [3.8, 4) is 11.3 Å². The molecular weight excluding hydrogens is 319 g/mol. The van der Waals surface area contributed by atoms with E-state index in [1.54, 1.807) is 0 Å². The molecule has 1 heterocycles. The third-order valence-corrected chi connectivity index (χ3v) is 3.48. The molecule has 1 aromatic heterocycles. The van der Waals surface area contributed by atoms with E-state index in [1.807, 2.05) is 18.3 Å².